The summed E-state index contributed by atoms with van der Waals surface area (Å²) in [6.45, 7) is 3.37. The van der Waals surface area contributed by atoms with Crippen LogP contribution >= 0.6 is 11.6 Å². The van der Waals surface area contributed by atoms with Gasteiger partial charge in [0.05, 0.1) is 16.3 Å². The summed E-state index contributed by atoms with van der Waals surface area (Å²) in [7, 11) is 0. The molecule has 0 aliphatic rings. The zero-order valence-corrected chi connectivity index (χ0v) is 18.0. The third-order valence-corrected chi connectivity index (χ3v) is 4.75. The van der Waals surface area contributed by atoms with Crippen LogP contribution in [0.15, 0.2) is 85.5 Å². The lowest BCUT2D eigenvalue weighted by atomic mass is 10.0. The van der Waals surface area contributed by atoms with Crippen molar-refractivity contribution >= 4 is 29.0 Å². The summed E-state index contributed by atoms with van der Waals surface area (Å²) in [5, 5.41) is 0.200. The highest BCUT2D eigenvalue weighted by atomic mass is 35.5. The van der Waals surface area contributed by atoms with Gasteiger partial charge in [-0.3, -0.25) is 4.79 Å². The lowest BCUT2D eigenvalue weighted by molar-refractivity contribution is -0.152. The predicted molar refractivity (Wildman–Crippen MR) is 123 cm³/mol. The van der Waals surface area contributed by atoms with Crippen molar-refractivity contribution in [3.8, 4) is 11.5 Å². The number of ether oxygens (including phenoxy) is 3. The first-order chi connectivity index (χ1) is 15.5. The number of hydrogen-bond acceptors (Lipinski definition) is 6. The van der Waals surface area contributed by atoms with Gasteiger partial charge in [-0.2, -0.15) is 0 Å². The maximum Gasteiger partial charge on any atom is 0.351 e. The van der Waals surface area contributed by atoms with E-state index < -0.39 is 12.1 Å². The normalized spacial score (nSPS) is 11.3. The van der Waals surface area contributed by atoms with Gasteiger partial charge in [0.15, 0.2) is 5.78 Å². The van der Waals surface area contributed by atoms with Crippen LogP contribution in [0.3, 0.4) is 0 Å². The van der Waals surface area contributed by atoms with Crippen LogP contribution in [-0.4, -0.2) is 31.1 Å². The van der Waals surface area contributed by atoms with E-state index in [9.17, 15) is 9.59 Å². The molecule has 0 amide bonds. The van der Waals surface area contributed by atoms with E-state index in [2.05, 4.69) is 6.58 Å². The zero-order valence-electron chi connectivity index (χ0n) is 17.2. The lowest BCUT2D eigenvalue weighted by Crippen LogP contribution is -2.35. The molecule has 32 heavy (non-hydrogen) atoms. The molecule has 0 fully saturated rings. The molecule has 164 valence electrons. The molecule has 1 atom stereocenters. The number of rotatable bonds is 10. The van der Waals surface area contributed by atoms with Crippen LogP contribution in [0.4, 0.5) is 5.69 Å². The Kier molecular flexibility index (Phi) is 7.89. The Labute approximate surface area is 191 Å². The Morgan fingerprint density at radius 1 is 1.00 bits per heavy atom. The van der Waals surface area contributed by atoms with Gasteiger partial charge in [-0.1, -0.05) is 72.8 Å². The fraction of sp³-hybridized carbons (Fsp3) is 0.120. The molecule has 0 spiro atoms. The molecule has 3 aromatic rings. The average molecular weight is 452 g/mol. The van der Waals surface area contributed by atoms with Gasteiger partial charge in [0.2, 0.25) is 6.10 Å². The second-order valence-electron chi connectivity index (χ2n) is 6.68. The molecule has 3 rings (SSSR count). The minimum atomic E-state index is -1.07. The van der Waals surface area contributed by atoms with Gasteiger partial charge >= 0.3 is 5.97 Å². The Morgan fingerprint density at radius 3 is 2.31 bits per heavy atom. The molecule has 2 N–H and O–H groups in total. The highest BCUT2D eigenvalue weighted by Gasteiger charge is 2.25. The van der Waals surface area contributed by atoms with E-state index in [4.69, 9.17) is 31.5 Å². The molecule has 6 nitrogen and oxygen atoms in total. The number of nitrogens with two attached hydrogens (primary N) is 1. The van der Waals surface area contributed by atoms with Gasteiger partial charge in [-0.05, 0) is 24.3 Å². The molecular weight excluding hydrogens is 430 g/mol. The van der Waals surface area contributed by atoms with Crippen LogP contribution in [0.25, 0.3) is 0 Å². The molecule has 0 saturated carbocycles. The molecule has 0 aliphatic carbocycles. The van der Waals surface area contributed by atoms with Crippen molar-refractivity contribution in [3.63, 3.8) is 0 Å². The van der Waals surface area contributed by atoms with E-state index in [1.165, 1.54) is 18.2 Å². The number of hydrogen-bond donors (Lipinski definition) is 1. The van der Waals surface area contributed by atoms with Crippen LogP contribution < -0.4 is 15.2 Å². The minimum absolute atomic E-state index is 0.0340. The van der Waals surface area contributed by atoms with Gasteiger partial charge in [0.1, 0.15) is 24.7 Å². The summed E-state index contributed by atoms with van der Waals surface area (Å²) in [5.74, 6) is -0.282. The lowest BCUT2D eigenvalue weighted by Gasteiger charge is -2.19. The monoisotopic (exact) mass is 451 g/mol. The summed E-state index contributed by atoms with van der Waals surface area (Å²) in [6, 6.07) is 20.5. The summed E-state index contributed by atoms with van der Waals surface area (Å²) in [5.41, 5.74) is 6.86. The molecule has 0 aromatic heterocycles. The molecule has 0 saturated heterocycles. The second-order valence-corrected chi connectivity index (χ2v) is 7.09. The molecule has 0 heterocycles. The highest BCUT2D eigenvalue weighted by Crippen LogP contribution is 2.33. The van der Waals surface area contributed by atoms with Gasteiger partial charge in [-0.25, -0.2) is 4.79 Å². The first-order valence-electron chi connectivity index (χ1n) is 9.81. The van der Waals surface area contributed by atoms with Crippen LogP contribution in [0.5, 0.6) is 11.5 Å². The molecular formula is C25H22ClNO5. The van der Waals surface area contributed by atoms with Gasteiger partial charge in [0.25, 0.3) is 0 Å². The fourth-order valence-electron chi connectivity index (χ4n) is 2.88. The van der Waals surface area contributed by atoms with Crippen LogP contribution in [0.1, 0.15) is 15.9 Å². The molecule has 0 radical (unpaired) electrons. The number of esters is 1. The molecule has 7 heteroatoms. The zero-order chi connectivity index (χ0) is 22.9. The van der Waals surface area contributed by atoms with Crippen molar-refractivity contribution in [2.45, 2.75) is 6.10 Å². The number of ketones is 1. The van der Waals surface area contributed by atoms with E-state index in [-0.39, 0.29) is 41.0 Å². The highest BCUT2D eigenvalue weighted by molar-refractivity contribution is 6.36. The Balaban J connectivity index is 1.81. The number of halogens is 1. The van der Waals surface area contributed by atoms with Crippen molar-refractivity contribution < 1.29 is 23.8 Å². The second kappa shape index (κ2) is 11.0. The maximum absolute atomic E-state index is 12.9. The summed E-state index contributed by atoms with van der Waals surface area (Å²) < 4.78 is 16.6. The van der Waals surface area contributed by atoms with Crippen LogP contribution in [0.2, 0.25) is 5.02 Å². The number of nitrogen functional groups attached to an aromatic ring is 1. The number of benzene rings is 3. The third-order valence-electron chi connectivity index (χ3n) is 4.44. The minimum Gasteiger partial charge on any atom is -0.487 e. The van der Waals surface area contributed by atoms with Gasteiger partial charge in [-0.15, -0.1) is 0 Å². The van der Waals surface area contributed by atoms with E-state index in [1.807, 2.05) is 6.07 Å². The van der Waals surface area contributed by atoms with E-state index in [1.54, 1.807) is 54.6 Å². The largest absolute Gasteiger partial charge is 0.487 e. The van der Waals surface area contributed by atoms with Crippen molar-refractivity contribution in [2.24, 2.45) is 0 Å². The molecule has 0 aliphatic heterocycles. The Bertz CT molecular complexity index is 1090. The van der Waals surface area contributed by atoms with Crippen molar-refractivity contribution in [3.05, 3.63) is 102 Å². The van der Waals surface area contributed by atoms with Gasteiger partial charge < -0.3 is 19.9 Å². The van der Waals surface area contributed by atoms with E-state index in [0.717, 1.165) is 0 Å². The SMILES string of the molecule is C=CCOC(=O)C(COc1ccc(Cl)c(C(=O)c2ccccc2)c1N)Oc1ccccc1. The standard InChI is InChI=1S/C25H22ClNO5/c1-2-15-30-25(29)21(32-18-11-7-4-8-12-18)16-31-20-14-13-19(26)22(23(20)27)24(28)17-9-5-3-6-10-17/h2-14,21H,1,15-16,27H2. The van der Waals surface area contributed by atoms with E-state index >= 15 is 0 Å². The first kappa shape index (κ1) is 22.9. The molecule has 1 unspecified atom stereocenters. The van der Waals surface area contributed by atoms with Crippen molar-refractivity contribution in [1.82, 2.24) is 0 Å². The summed E-state index contributed by atoms with van der Waals surface area (Å²) in [6.07, 6.45) is 0.387. The first-order valence-corrected chi connectivity index (χ1v) is 10.2. The fourth-order valence-corrected chi connectivity index (χ4v) is 3.13. The quantitative estimate of drug-likeness (QED) is 0.208. The Hall–Kier alpha value is -3.77. The summed E-state index contributed by atoms with van der Waals surface area (Å²) >= 11 is 6.26. The van der Waals surface area contributed by atoms with Crippen molar-refractivity contribution in [2.75, 3.05) is 18.9 Å². The summed E-state index contributed by atoms with van der Waals surface area (Å²) in [4.78, 5) is 25.4. The molecule has 0 bridgehead atoms. The molecule has 3 aromatic carbocycles. The average Bonchev–Trinajstić information content (AvgIpc) is 2.82. The smallest absolute Gasteiger partial charge is 0.351 e. The van der Waals surface area contributed by atoms with Crippen LogP contribution in [-0.2, 0) is 9.53 Å². The van der Waals surface area contributed by atoms with Crippen molar-refractivity contribution in [1.29, 1.82) is 0 Å². The maximum atomic E-state index is 12.9. The third kappa shape index (κ3) is 5.68. The predicted octanol–water partition coefficient (Wildman–Crippen LogP) is 4.71. The number of carbonyl (C=O) groups excluding carboxylic acids is 2. The van der Waals surface area contributed by atoms with Gasteiger partial charge in [0, 0.05) is 5.56 Å². The topological polar surface area (TPSA) is 87.9 Å². The Morgan fingerprint density at radius 2 is 1.66 bits per heavy atom. The number of carbonyl (C=O) groups is 2. The van der Waals surface area contributed by atoms with Crippen LogP contribution in [0, 0.1) is 0 Å². The number of anilines is 1. The van der Waals surface area contributed by atoms with E-state index in [0.29, 0.717) is 11.3 Å². The number of para-hydroxylation sites is 1.